The number of rotatable bonds is 5. The zero-order valence-electron chi connectivity index (χ0n) is 13.5. The topological polar surface area (TPSA) is 47.1 Å². The summed E-state index contributed by atoms with van der Waals surface area (Å²) in [6, 6.07) is 7.63. The van der Waals surface area contributed by atoms with Gasteiger partial charge in [0, 0.05) is 23.3 Å². The van der Waals surface area contributed by atoms with Crippen LogP contribution in [-0.2, 0) is 13.1 Å². The van der Waals surface area contributed by atoms with Crippen molar-refractivity contribution < 1.29 is 4.42 Å². The Morgan fingerprint density at radius 1 is 1.26 bits per heavy atom. The fourth-order valence-corrected chi connectivity index (χ4v) is 2.59. The van der Waals surface area contributed by atoms with Crippen molar-refractivity contribution in [1.82, 2.24) is 19.7 Å². The number of nitrogens with zero attached hydrogens (tertiary/aromatic N) is 4. The van der Waals surface area contributed by atoms with Crippen molar-refractivity contribution in [3.63, 3.8) is 0 Å². The molecule has 0 fully saturated rings. The number of aryl methyl sites for hydroxylation is 2. The summed E-state index contributed by atoms with van der Waals surface area (Å²) >= 11 is 6.02. The first-order valence-electron chi connectivity index (χ1n) is 7.42. The van der Waals surface area contributed by atoms with Crippen LogP contribution in [0.25, 0.3) is 5.69 Å². The van der Waals surface area contributed by atoms with Crippen LogP contribution in [0, 0.1) is 13.8 Å². The first-order chi connectivity index (χ1) is 11.0. The third-order valence-corrected chi connectivity index (χ3v) is 3.87. The zero-order chi connectivity index (χ0) is 16.4. The highest BCUT2D eigenvalue weighted by Crippen LogP contribution is 2.16. The Morgan fingerprint density at radius 2 is 2.09 bits per heavy atom. The fourth-order valence-electron chi connectivity index (χ4n) is 2.41. The second-order valence-corrected chi connectivity index (χ2v) is 6.13. The van der Waals surface area contributed by atoms with Gasteiger partial charge >= 0.3 is 0 Å². The first kappa shape index (κ1) is 15.8. The van der Waals surface area contributed by atoms with E-state index >= 15 is 0 Å². The molecule has 2 aromatic heterocycles. The lowest BCUT2D eigenvalue weighted by molar-refractivity contribution is 0.279. The van der Waals surface area contributed by atoms with Gasteiger partial charge in [0.25, 0.3) is 0 Å². The molecule has 0 bridgehead atoms. The van der Waals surface area contributed by atoms with E-state index in [2.05, 4.69) is 15.0 Å². The summed E-state index contributed by atoms with van der Waals surface area (Å²) in [5, 5.41) is 5.10. The van der Waals surface area contributed by atoms with Crippen LogP contribution in [0.2, 0.25) is 5.02 Å². The average Bonchev–Trinajstić information content (AvgIpc) is 3.06. The summed E-state index contributed by atoms with van der Waals surface area (Å²) in [7, 11) is 2.03. The molecule has 1 aromatic carbocycles. The van der Waals surface area contributed by atoms with Crippen LogP contribution in [0.15, 0.2) is 41.1 Å². The highest BCUT2D eigenvalue weighted by molar-refractivity contribution is 6.30. The van der Waals surface area contributed by atoms with E-state index in [0.29, 0.717) is 11.6 Å². The van der Waals surface area contributed by atoms with Gasteiger partial charge in [-0.1, -0.05) is 17.7 Å². The molecule has 0 spiro atoms. The van der Waals surface area contributed by atoms with Crippen molar-refractivity contribution in [2.24, 2.45) is 0 Å². The zero-order valence-corrected chi connectivity index (χ0v) is 14.2. The van der Waals surface area contributed by atoms with Crippen molar-refractivity contribution in [3.8, 4) is 5.69 Å². The highest BCUT2D eigenvalue weighted by Gasteiger charge is 2.10. The number of benzene rings is 1. The minimum atomic E-state index is 0.664. The van der Waals surface area contributed by atoms with E-state index in [9.17, 15) is 0 Å². The van der Waals surface area contributed by atoms with Crippen LogP contribution in [0.5, 0.6) is 0 Å². The molecule has 0 aliphatic rings. The molecule has 5 nitrogen and oxygen atoms in total. The highest BCUT2D eigenvalue weighted by atomic mass is 35.5. The number of hydrogen-bond donors (Lipinski definition) is 0. The maximum absolute atomic E-state index is 6.02. The van der Waals surface area contributed by atoms with Crippen molar-refractivity contribution >= 4 is 11.6 Å². The summed E-state index contributed by atoms with van der Waals surface area (Å²) < 4.78 is 7.45. The van der Waals surface area contributed by atoms with Crippen LogP contribution < -0.4 is 0 Å². The van der Waals surface area contributed by atoms with Crippen molar-refractivity contribution in [3.05, 3.63) is 64.6 Å². The van der Waals surface area contributed by atoms with E-state index in [1.54, 1.807) is 0 Å². The SMILES string of the molecule is Cc1nc(CN(C)Cc2cnn(-c3cccc(Cl)c3)c2)oc1C. The summed E-state index contributed by atoms with van der Waals surface area (Å²) in [6.07, 6.45) is 3.87. The molecular formula is C17H19ClN4O. The second kappa shape index (κ2) is 6.56. The van der Waals surface area contributed by atoms with Gasteiger partial charge in [0.2, 0.25) is 5.89 Å². The molecule has 120 valence electrons. The fraction of sp³-hybridized carbons (Fsp3) is 0.294. The van der Waals surface area contributed by atoms with Gasteiger partial charge in [0.1, 0.15) is 5.76 Å². The molecule has 0 aliphatic carbocycles. The molecule has 0 amide bonds. The number of aromatic nitrogens is 3. The Morgan fingerprint density at radius 3 is 2.78 bits per heavy atom. The van der Waals surface area contributed by atoms with Crippen LogP contribution in [0.3, 0.4) is 0 Å². The minimum absolute atomic E-state index is 0.664. The molecule has 0 unspecified atom stereocenters. The smallest absolute Gasteiger partial charge is 0.208 e. The quantitative estimate of drug-likeness (QED) is 0.714. The van der Waals surface area contributed by atoms with Gasteiger partial charge in [-0.2, -0.15) is 5.10 Å². The lowest BCUT2D eigenvalue weighted by atomic mass is 10.3. The molecule has 23 heavy (non-hydrogen) atoms. The van der Waals surface area contributed by atoms with Crippen LogP contribution >= 0.6 is 11.6 Å². The molecule has 0 saturated carbocycles. The Kier molecular flexibility index (Phi) is 4.50. The van der Waals surface area contributed by atoms with Crippen LogP contribution in [-0.4, -0.2) is 26.7 Å². The van der Waals surface area contributed by atoms with E-state index in [1.807, 2.05) is 62.2 Å². The van der Waals surface area contributed by atoms with E-state index in [-0.39, 0.29) is 0 Å². The standard InChI is InChI=1S/C17H19ClN4O/c1-12-13(2)23-17(20-12)11-21(3)9-14-8-19-22(10-14)16-6-4-5-15(18)7-16/h4-8,10H,9,11H2,1-3H3. The number of hydrogen-bond acceptors (Lipinski definition) is 4. The number of oxazole rings is 1. The maximum Gasteiger partial charge on any atom is 0.208 e. The summed E-state index contributed by atoms with van der Waals surface area (Å²) in [6.45, 7) is 5.32. The molecular weight excluding hydrogens is 312 g/mol. The molecule has 0 saturated heterocycles. The summed E-state index contributed by atoms with van der Waals surface area (Å²) in [5.41, 5.74) is 3.01. The van der Waals surface area contributed by atoms with Crippen LogP contribution in [0.1, 0.15) is 22.9 Å². The average molecular weight is 331 g/mol. The van der Waals surface area contributed by atoms with E-state index in [4.69, 9.17) is 16.0 Å². The monoisotopic (exact) mass is 330 g/mol. The van der Waals surface area contributed by atoms with Gasteiger partial charge in [-0.15, -0.1) is 0 Å². The molecule has 2 heterocycles. The lowest BCUT2D eigenvalue weighted by Gasteiger charge is -2.12. The van der Waals surface area contributed by atoms with E-state index < -0.39 is 0 Å². The molecule has 0 aliphatic heterocycles. The first-order valence-corrected chi connectivity index (χ1v) is 7.80. The second-order valence-electron chi connectivity index (χ2n) is 5.69. The van der Waals surface area contributed by atoms with Crippen molar-refractivity contribution in [2.45, 2.75) is 26.9 Å². The normalized spacial score (nSPS) is 11.3. The van der Waals surface area contributed by atoms with Gasteiger partial charge in [0.15, 0.2) is 0 Å². The third kappa shape index (κ3) is 3.81. The van der Waals surface area contributed by atoms with Gasteiger partial charge in [0.05, 0.1) is 24.1 Å². The van der Waals surface area contributed by atoms with Gasteiger partial charge < -0.3 is 4.42 Å². The molecule has 3 aromatic rings. The lowest BCUT2D eigenvalue weighted by Crippen LogP contribution is -2.17. The molecule has 0 atom stereocenters. The van der Waals surface area contributed by atoms with Crippen LogP contribution in [0.4, 0.5) is 0 Å². The molecule has 0 radical (unpaired) electrons. The molecule has 3 rings (SSSR count). The van der Waals surface area contributed by atoms with Gasteiger partial charge in [-0.25, -0.2) is 9.67 Å². The van der Waals surface area contributed by atoms with Gasteiger partial charge in [-0.3, -0.25) is 4.90 Å². The number of halogens is 1. The Balaban J connectivity index is 1.66. The maximum atomic E-state index is 6.02. The summed E-state index contributed by atoms with van der Waals surface area (Å²) in [5.74, 6) is 1.62. The Bertz CT molecular complexity index is 789. The third-order valence-electron chi connectivity index (χ3n) is 3.64. The predicted molar refractivity (Wildman–Crippen MR) is 89.7 cm³/mol. The van der Waals surface area contributed by atoms with Crippen molar-refractivity contribution in [1.29, 1.82) is 0 Å². The molecule has 6 heteroatoms. The minimum Gasteiger partial charge on any atom is -0.444 e. The largest absolute Gasteiger partial charge is 0.444 e. The Labute approximate surface area is 140 Å². The van der Waals surface area contributed by atoms with Crippen molar-refractivity contribution in [2.75, 3.05) is 7.05 Å². The molecule has 0 N–H and O–H groups in total. The van der Waals surface area contributed by atoms with E-state index in [1.165, 1.54) is 0 Å². The predicted octanol–water partition coefficient (Wildman–Crippen LogP) is 3.76. The van der Waals surface area contributed by atoms with E-state index in [0.717, 1.165) is 35.1 Å². The van der Waals surface area contributed by atoms with Gasteiger partial charge in [-0.05, 0) is 39.1 Å². The summed E-state index contributed by atoms with van der Waals surface area (Å²) in [4.78, 5) is 6.55. The Hall–Kier alpha value is -2.11.